The summed E-state index contributed by atoms with van der Waals surface area (Å²) in [4.78, 5) is 26.1. The fourth-order valence-corrected chi connectivity index (χ4v) is 5.00. The van der Waals surface area contributed by atoms with Crippen molar-refractivity contribution in [2.24, 2.45) is 5.92 Å². The van der Waals surface area contributed by atoms with Gasteiger partial charge in [-0.05, 0) is 31.2 Å². The smallest absolute Gasteiger partial charge is 0.229 e. The molecule has 1 aliphatic rings. The van der Waals surface area contributed by atoms with Crippen molar-refractivity contribution in [3.8, 4) is 0 Å². The molecule has 38 heavy (non-hydrogen) atoms. The maximum atomic E-state index is 12.6. The van der Waals surface area contributed by atoms with Gasteiger partial charge in [0, 0.05) is 64.7 Å². The molecule has 0 saturated heterocycles. The molecule has 0 spiro atoms. The molecule has 1 aromatic heterocycles. The van der Waals surface area contributed by atoms with Crippen LogP contribution in [0.4, 0.5) is 17.8 Å². The molecule has 0 radical (unpaired) electrons. The maximum Gasteiger partial charge on any atom is 0.229 e. The van der Waals surface area contributed by atoms with Gasteiger partial charge in [0.05, 0.1) is 0 Å². The molecule has 204 valence electrons. The molecule has 1 fully saturated rings. The van der Waals surface area contributed by atoms with E-state index in [0.29, 0.717) is 24.4 Å². The summed E-state index contributed by atoms with van der Waals surface area (Å²) < 4.78 is 0. The van der Waals surface area contributed by atoms with E-state index in [1.165, 1.54) is 5.56 Å². The van der Waals surface area contributed by atoms with E-state index in [2.05, 4.69) is 66.6 Å². The van der Waals surface area contributed by atoms with E-state index in [4.69, 9.17) is 0 Å². The van der Waals surface area contributed by atoms with E-state index in [1.54, 1.807) is 7.05 Å². The molecule has 0 atom stereocenters. The van der Waals surface area contributed by atoms with E-state index in [1.807, 2.05) is 42.1 Å². The predicted molar refractivity (Wildman–Crippen MR) is 151 cm³/mol. The number of carbonyl (C=O) groups is 1. The first-order valence-electron chi connectivity index (χ1n) is 12.5. The fraction of sp³-hybridized carbons (Fsp3) is 0.407. The van der Waals surface area contributed by atoms with Crippen LogP contribution in [0.3, 0.4) is 0 Å². The summed E-state index contributed by atoms with van der Waals surface area (Å²) in [5, 5.41) is 12.9. The summed E-state index contributed by atoms with van der Waals surface area (Å²) in [6.07, 6.45) is 3.50. The van der Waals surface area contributed by atoms with E-state index in [9.17, 15) is 4.79 Å². The van der Waals surface area contributed by atoms with Crippen molar-refractivity contribution in [1.29, 1.82) is 0 Å². The largest absolute Gasteiger partial charge is 0.412 e. The fourth-order valence-electron chi connectivity index (χ4n) is 4.19. The summed E-state index contributed by atoms with van der Waals surface area (Å²) in [5.74, 6) is 3.77. The molecule has 0 bridgehead atoms. The number of anilines is 3. The predicted octanol–water partition coefficient (Wildman–Crippen LogP) is 3.52. The Balaban J connectivity index is 0.00000253. The second kappa shape index (κ2) is 17.0. The SMILES string of the molecule is CNc1nc(NCCSCc2ccccc2)nc(NC2CCC(C(=O)NCc3cc[c-]cc3)CC2)n1.O.[W]. The van der Waals surface area contributed by atoms with Crippen molar-refractivity contribution < 1.29 is 31.3 Å². The van der Waals surface area contributed by atoms with Gasteiger partial charge >= 0.3 is 0 Å². The second-order valence-corrected chi connectivity index (χ2v) is 9.95. The van der Waals surface area contributed by atoms with Crippen LogP contribution >= 0.6 is 11.8 Å². The van der Waals surface area contributed by atoms with Gasteiger partial charge in [-0.2, -0.15) is 57.0 Å². The van der Waals surface area contributed by atoms with Crippen LogP contribution in [-0.4, -0.2) is 51.7 Å². The number of hydrogen-bond donors (Lipinski definition) is 4. The van der Waals surface area contributed by atoms with Crippen molar-refractivity contribution in [2.45, 2.75) is 44.0 Å². The van der Waals surface area contributed by atoms with Gasteiger partial charge in [0.1, 0.15) is 0 Å². The molecule has 1 aliphatic carbocycles. The van der Waals surface area contributed by atoms with Crippen LogP contribution in [0.15, 0.2) is 54.6 Å². The zero-order valence-electron chi connectivity index (χ0n) is 21.6. The Morgan fingerprint density at radius 3 is 2.34 bits per heavy atom. The van der Waals surface area contributed by atoms with Crippen LogP contribution < -0.4 is 21.3 Å². The number of thioether (sulfide) groups is 1. The second-order valence-electron chi connectivity index (χ2n) is 8.84. The summed E-state index contributed by atoms with van der Waals surface area (Å²) in [6.45, 7) is 1.33. The molecular formula is C27H36N7O2SW-. The Hall–Kier alpha value is -2.68. The number of benzene rings is 2. The first-order chi connectivity index (χ1) is 17.7. The van der Waals surface area contributed by atoms with Gasteiger partial charge in [-0.15, -0.1) is 5.56 Å². The summed E-state index contributed by atoms with van der Waals surface area (Å²) in [7, 11) is 1.80. The Kier molecular flexibility index (Phi) is 14.1. The third-order valence-electron chi connectivity index (χ3n) is 6.19. The van der Waals surface area contributed by atoms with Crippen molar-refractivity contribution >= 4 is 35.5 Å². The Bertz CT molecular complexity index is 1090. The minimum atomic E-state index is 0. The maximum absolute atomic E-state index is 12.6. The van der Waals surface area contributed by atoms with Gasteiger partial charge in [-0.1, -0.05) is 30.3 Å². The summed E-state index contributed by atoms with van der Waals surface area (Å²) >= 11 is 1.87. The number of nitrogens with one attached hydrogen (secondary N) is 4. The van der Waals surface area contributed by atoms with E-state index < -0.39 is 0 Å². The van der Waals surface area contributed by atoms with Gasteiger partial charge < -0.3 is 26.7 Å². The molecule has 6 N–H and O–H groups in total. The quantitative estimate of drug-likeness (QED) is 0.166. The molecule has 2 aromatic carbocycles. The summed E-state index contributed by atoms with van der Waals surface area (Å²) in [5.41, 5.74) is 2.42. The van der Waals surface area contributed by atoms with Crippen molar-refractivity contribution in [1.82, 2.24) is 20.3 Å². The Morgan fingerprint density at radius 2 is 1.63 bits per heavy atom. The molecule has 0 unspecified atom stereocenters. The van der Waals surface area contributed by atoms with E-state index in [-0.39, 0.29) is 44.4 Å². The molecule has 1 heterocycles. The molecule has 0 aliphatic heterocycles. The van der Waals surface area contributed by atoms with Gasteiger partial charge in [-0.3, -0.25) is 4.79 Å². The number of hydrogen-bond acceptors (Lipinski definition) is 8. The monoisotopic (exact) mass is 706 g/mol. The molecule has 11 heteroatoms. The van der Waals surface area contributed by atoms with Crippen LogP contribution in [-0.2, 0) is 38.2 Å². The average Bonchev–Trinajstić information content (AvgIpc) is 2.93. The number of carbonyl (C=O) groups excluding carboxylic acids is 1. The van der Waals surface area contributed by atoms with Crippen molar-refractivity contribution in [3.05, 3.63) is 71.8 Å². The zero-order valence-corrected chi connectivity index (χ0v) is 25.3. The first-order valence-corrected chi connectivity index (χ1v) is 13.6. The minimum Gasteiger partial charge on any atom is -0.412 e. The van der Waals surface area contributed by atoms with Gasteiger partial charge in [0.2, 0.25) is 23.8 Å². The first kappa shape index (κ1) is 31.5. The number of rotatable bonds is 12. The minimum absolute atomic E-state index is 0. The van der Waals surface area contributed by atoms with Crippen LogP contribution in [0.25, 0.3) is 0 Å². The molecule has 9 nitrogen and oxygen atoms in total. The average molecular weight is 707 g/mol. The standard InChI is InChI=1S/C27H34N7OS.H2O.W/c1-28-25-32-26(29-16-17-36-19-21-10-6-3-7-11-21)34-27(33-25)31-23-14-12-22(13-15-23)24(35)30-18-20-8-4-2-5-9-20;;/h3-11,22-23H,12-19H2,1H3,(H,30,35)(H3,28,29,31,32,33,34);1H2;/q-1;;. The van der Waals surface area contributed by atoms with Gasteiger partial charge in [0.15, 0.2) is 0 Å². The molecular weight excluding hydrogens is 670 g/mol. The van der Waals surface area contributed by atoms with Crippen LogP contribution in [0.2, 0.25) is 0 Å². The van der Waals surface area contributed by atoms with Crippen LogP contribution in [0, 0.1) is 12.0 Å². The Labute approximate surface area is 243 Å². The van der Waals surface area contributed by atoms with Crippen molar-refractivity contribution in [3.63, 3.8) is 0 Å². The third-order valence-corrected chi connectivity index (χ3v) is 7.22. The van der Waals surface area contributed by atoms with Gasteiger partial charge in [0.25, 0.3) is 0 Å². The number of nitrogens with zero attached hydrogens (tertiary/aromatic N) is 3. The molecule has 1 saturated carbocycles. The summed E-state index contributed by atoms with van der Waals surface area (Å²) in [6, 6.07) is 21.4. The normalized spacial score (nSPS) is 16.3. The zero-order chi connectivity index (χ0) is 25.0. The topological polar surface area (TPSA) is 135 Å². The molecule has 1 amide bonds. The van der Waals surface area contributed by atoms with Crippen LogP contribution in [0.5, 0.6) is 0 Å². The molecule has 4 rings (SSSR count). The van der Waals surface area contributed by atoms with Crippen molar-refractivity contribution in [2.75, 3.05) is 35.3 Å². The van der Waals surface area contributed by atoms with Gasteiger partial charge in [-0.25, -0.2) is 0 Å². The number of amides is 1. The van der Waals surface area contributed by atoms with Crippen LogP contribution in [0.1, 0.15) is 36.8 Å². The third kappa shape index (κ3) is 10.2. The molecule has 3 aromatic rings. The Morgan fingerprint density at radius 1 is 0.947 bits per heavy atom. The number of aromatic nitrogens is 3. The van der Waals surface area contributed by atoms with E-state index >= 15 is 0 Å². The van der Waals surface area contributed by atoms with E-state index in [0.717, 1.165) is 49.3 Å².